The van der Waals surface area contributed by atoms with E-state index in [-0.39, 0.29) is 30.8 Å². The number of urea groups is 1. The van der Waals surface area contributed by atoms with Crippen LogP contribution in [0.2, 0.25) is 0 Å². The average molecular weight is 420 g/mol. The summed E-state index contributed by atoms with van der Waals surface area (Å²) in [6.45, 7) is 2.77. The summed E-state index contributed by atoms with van der Waals surface area (Å²) in [4.78, 5) is 41.4. The molecule has 0 unspecified atom stereocenters. The van der Waals surface area contributed by atoms with E-state index in [1.54, 1.807) is 4.90 Å². The molecule has 6 nitrogen and oxygen atoms in total. The topological polar surface area (TPSA) is 69.7 Å². The fourth-order valence-corrected chi connectivity index (χ4v) is 4.53. The average Bonchev–Trinajstić information content (AvgIpc) is 3.33. The van der Waals surface area contributed by atoms with Gasteiger partial charge in [-0.05, 0) is 43.9 Å². The van der Waals surface area contributed by atoms with Crippen LogP contribution in [-0.4, -0.2) is 34.8 Å². The largest absolute Gasteiger partial charge is 0.325 e. The van der Waals surface area contributed by atoms with Crippen LogP contribution < -0.4 is 10.2 Å². The molecule has 31 heavy (non-hydrogen) atoms. The van der Waals surface area contributed by atoms with Crippen LogP contribution in [0.1, 0.15) is 49.7 Å². The summed E-state index contributed by atoms with van der Waals surface area (Å²) in [5.41, 5.74) is 2.34. The fraction of sp³-hybridized carbons (Fsp3) is 0.400. The van der Waals surface area contributed by atoms with Crippen LogP contribution in [0, 0.1) is 6.92 Å². The van der Waals surface area contributed by atoms with E-state index in [1.165, 1.54) is 4.90 Å². The standard InChI is InChI=1S/C25H29N3O3/c1-19-11-13-21(14-12-19)28(18-20-8-3-2-4-9-20)22(29)10-7-17-27-23(30)25(26-24(27)31)15-5-6-16-25/h2-4,8-9,11-14H,5-7,10,15-18H2,1H3,(H,26,31). The summed E-state index contributed by atoms with van der Waals surface area (Å²) in [5, 5.41) is 2.90. The lowest BCUT2D eigenvalue weighted by Crippen LogP contribution is -2.44. The van der Waals surface area contributed by atoms with Crippen LogP contribution in [0.5, 0.6) is 0 Å². The number of imide groups is 1. The predicted molar refractivity (Wildman–Crippen MR) is 119 cm³/mol. The van der Waals surface area contributed by atoms with Gasteiger partial charge in [-0.25, -0.2) is 4.79 Å². The summed E-state index contributed by atoms with van der Waals surface area (Å²) in [5.74, 6) is -0.141. The molecule has 0 radical (unpaired) electrons. The minimum Gasteiger partial charge on any atom is -0.323 e. The molecule has 4 rings (SSSR count). The summed E-state index contributed by atoms with van der Waals surface area (Å²) >= 11 is 0. The third-order valence-corrected chi connectivity index (χ3v) is 6.31. The summed E-state index contributed by atoms with van der Waals surface area (Å²) < 4.78 is 0. The van der Waals surface area contributed by atoms with Crippen LogP contribution in [0.15, 0.2) is 54.6 Å². The number of benzene rings is 2. The number of aryl methyl sites for hydroxylation is 1. The van der Waals surface area contributed by atoms with Gasteiger partial charge in [-0.3, -0.25) is 14.5 Å². The molecule has 2 fully saturated rings. The molecule has 2 aromatic carbocycles. The lowest BCUT2D eigenvalue weighted by Gasteiger charge is -2.24. The Labute approximate surface area is 183 Å². The van der Waals surface area contributed by atoms with Crippen molar-refractivity contribution in [3.8, 4) is 0 Å². The third-order valence-electron chi connectivity index (χ3n) is 6.31. The van der Waals surface area contributed by atoms with Crippen molar-refractivity contribution in [2.75, 3.05) is 11.4 Å². The van der Waals surface area contributed by atoms with Crippen LogP contribution in [0.3, 0.4) is 0 Å². The zero-order valence-electron chi connectivity index (χ0n) is 18.0. The Bertz CT molecular complexity index is 950. The molecular weight excluding hydrogens is 390 g/mol. The van der Waals surface area contributed by atoms with E-state index in [0.717, 1.165) is 29.7 Å². The van der Waals surface area contributed by atoms with E-state index in [1.807, 2.05) is 61.5 Å². The Hall–Kier alpha value is -3.15. The van der Waals surface area contributed by atoms with E-state index < -0.39 is 5.54 Å². The van der Waals surface area contributed by atoms with Crippen molar-refractivity contribution in [3.63, 3.8) is 0 Å². The molecule has 0 aromatic heterocycles. The zero-order chi connectivity index (χ0) is 21.8. The Kier molecular flexibility index (Phi) is 6.07. The summed E-state index contributed by atoms with van der Waals surface area (Å²) in [6, 6.07) is 17.5. The van der Waals surface area contributed by atoms with Gasteiger partial charge in [0.25, 0.3) is 5.91 Å². The maximum absolute atomic E-state index is 13.1. The Morgan fingerprint density at radius 3 is 2.39 bits per heavy atom. The van der Waals surface area contributed by atoms with Gasteiger partial charge in [-0.2, -0.15) is 0 Å². The van der Waals surface area contributed by atoms with E-state index >= 15 is 0 Å². The van der Waals surface area contributed by atoms with Crippen molar-refractivity contribution >= 4 is 23.5 Å². The molecule has 1 heterocycles. The quantitative estimate of drug-likeness (QED) is 0.685. The van der Waals surface area contributed by atoms with E-state index in [4.69, 9.17) is 0 Å². The molecule has 2 aromatic rings. The summed E-state index contributed by atoms with van der Waals surface area (Å²) in [6.07, 6.45) is 4.07. The second-order valence-corrected chi connectivity index (χ2v) is 8.58. The van der Waals surface area contributed by atoms with Gasteiger partial charge in [0.15, 0.2) is 0 Å². The highest BCUT2D eigenvalue weighted by Gasteiger charge is 2.52. The number of carbonyl (C=O) groups is 3. The summed E-state index contributed by atoms with van der Waals surface area (Å²) in [7, 11) is 0. The Morgan fingerprint density at radius 2 is 1.71 bits per heavy atom. The van der Waals surface area contributed by atoms with Crippen molar-refractivity contribution in [2.45, 2.75) is 57.5 Å². The molecular formula is C25H29N3O3. The first-order valence-electron chi connectivity index (χ1n) is 11.0. The molecule has 1 saturated carbocycles. The van der Waals surface area contributed by atoms with Gasteiger partial charge in [0.2, 0.25) is 5.91 Å². The number of nitrogens with one attached hydrogen (secondary N) is 1. The molecule has 1 aliphatic heterocycles. The highest BCUT2D eigenvalue weighted by Crippen LogP contribution is 2.35. The predicted octanol–water partition coefficient (Wildman–Crippen LogP) is 4.17. The van der Waals surface area contributed by atoms with Crippen molar-refractivity contribution in [1.82, 2.24) is 10.2 Å². The van der Waals surface area contributed by atoms with Gasteiger partial charge >= 0.3 is 6.03 Å². The third kappa shape index (κ3) is 4.48. The molecule has 0 bridgehead atoms. The molecule has 1 N–H and O–H groups in total. The zero-order valence-corrected chi connectivity index (χ0v) is 18.0. The van der Waals surface area contributed by atoms with Crippen LogP contribution >= 0.6 is 0 Å². The number of amides is 4. The monoisotopic (exact) mass is 419 g/mol. The van der Waals surface area contributed by atoms with Gasteiger partial charge in [-0.1, -0.05) is 60.9 Å². The van der Waals surface area contributed by atoms with Crippen molar-refractivity contribution < 1.29 is 14.4 Å². The lowest BCUT2D eigenvalue weighted by atomic mass is 9.98. The normalized spacial score (nSPS) is 17.3. The van der Waals surface area contributed by atoms with Gasteiger partial charge in [0.05, 0.1) is 6.54 Å². The van der Waals surface area contributed by atoms with Gasteiger partial charge in [0.1, 0.15) is 5.54 Å². The van der Waals surface area contributed by atoms with Crippen molar-refractivity contribution in [1.29, 1.82) is 0 Å². The lowest BCUT2D eigenvalue weighted by molar-refractivity contribution is -0.131. The van der Waals surface area contributed by atoms with Gasteiger partial charge in [-0.15, -0.1) is 0 Å². The van der Waals surface area contributed by atoms with Gasteiger partial charge < -0.3 is 10.2 Å². The Morgan fingerprint density at radius 1 is 1.03 bits per heavy atom. The van der Waals surface area contributed by atoms with E-state index in [0.29, 0.717) is 25.8 Å². The number of hydrogen-bond acceptors (Lipinski definition) is 3. The van der Waals surface area contributed by atoms with Crippen molar-refractivity contribution in [2.24, 2.45) is 0 Å². The minimum atomic E-state index is -0.692. The first-order valence-corrected chi connectivity index (χ1v) is 11.0. The first-order chi connectivity index (χ1) is 15.0. The smallest absolute Gasteiger partial charge is 0.323 e. The molecule has 1 spiro atoms. The van der Waals surface area contributed by atoms with Crippen LogP contribution in [0.4, 0.5) is 10.5 Å². The maximum atomic E-state index is 13.1. The number of hydrogen-bond donors (Lipinski definition) is 1. The molecule has 1 saturated heterocycles. The van der Waals surface area contributed by atoms with Crippen molar-refractivity contribution in [3.05, 3.63) is 65.7 Å². The number of anilines is 1. The molecule has 6 heteroatoms. The first kappa shape index (κ1) is 21.1. The van der Waals surface area contributed by atoms with E-state index in [9.17, 15) is 14.4 Å². The fourth-order valence-electron chi connectivity index (χ4n) is 4.53. The second-order valence-electron chi connectivity index (χ2n) is 8.58. The Balaban J connectivity index is 1.41. The molecule has 2 aliphatic rings. The van der Waals surface area contributed by atoms with Crippen LogP contribution in [0.25, 0.3) is 0 Å². The SMILES string of the molecule is Cc1ccc(N(Cc2ccccc2)C(=O)CCCN2C(=O)NC3(CCCC3)C2=O)cc1. The van der Waals surface area contributed by atoms with Gasteiger partial charge in [0, 0.05) is 18.7 Å². The molecule has 1 aliphatic carbocycles. The molecule has 4 amide bonds. The van der Waals surface area contributed by atoms with E-state index in [2.05, 4.69) is 5.32 Å². The maximum Gasteiger partial charge on any atom is 0.325 e. The molecule has 0 atom stereocenters. The number of nitrogens with zero attached hydrogens (tertiary/aromatic N) is 2. The highest BCUT2D eigenvalue weighted by molar-refractivity contribution is 6.07. The highest BCUT2D eigenvalue weighted by atomic mass is 16.2. The number of rotatable bonds is 7. The number of carbonyl (C=O) groups excluding carboxylic acids is 3. The molecule has 162 valence electrons. The second kappa shape index (κ2) is 8.92. The van der Waals surface area contributed by atoms with Crippen LogP contribution in [-0.2, 0) is 16.1 Å². The minimum absolute atomic E-state index is 0.0182.